The fraction of sp³-hybridized carbons (Fsp3) is 0.500. The summed E-state index contributed by atoms with van der Waals surface area (Å²) in [6.07, 6.45) is -2.80. The first kappa shape index (κ1) is 19.0. The summed E-state index contributed by atoms with van der Waals surface area (Å²) in [5.41, 5.74) is -0.731. The van der Waals surface area contributed by atoms with Gasteiger partial charge in [0.1, 0.15) is 0 Å². The van der Waals surface area contributed by atoms with E-state index in [1.165, 1.54) is 0 Å². The van der Waals surface area contributed by atoms with Crippen molar-refractivity contribution in [1.82, 2.24) is 10.2 Å². The lowest BCUT2D eigenvalue weighted by Gasteiger charge is -2.21. The molecule has 7 heteroatoms. The molecule has 0 saturated heterocycles. The average molecular weight is 330 g/mol. The highest BCUT2D eigenvalue weighted by Crippen LogP contribution is 2.29. The van der Waals surface area contributed by atoms with Crippen molar-refractivity contribution in [2.75, 3.05) is 19.6 Å². The van der Waals surface area contributed by atoms with Gasteiger partial charge in [-0.05, 0) is 37.1 Å². The van der Waals surface area contributed by atoms with E-state index in [1.807, 2.05) is 13.8 Å². The molecule has 1 aromatic carbocycles. The van der Waals surface area contributed by atoms with Gasteiger partial charge < -0.3 is 10.2 Å². The Morgan fingerprint density at radius 1 is 1.04 bits per heavy atom. The van der Waals surface area contributed by atoms with Crippen molar-refractivity contribution >= 4 is 11.8 Å². The normalized spacial score (nSPS) is 11.2. The molecule has 0 radical (unpaired) electrons. The maximum Gasteiger partial charge on any atom is 0.416 e. The summed E-state index contributed by atoms with van der Waals surface area (Å²) >= 11 is 0. The van der Waals surface area contributed by atoms with Crippen LogP contribution in [0.2, 0.25) is 0 Å². The van der Waals surface area contributed by atoms with Crippen LogP contribution in [0.5, 0.6) is 0 Å². The maximum atomic E-state index is 12.5. The molecule has 0 saturated carbocycles. The zero-order valence-corrected chi connectivity index (χ0v) is 13.2. The van der Waals surface area contributed by atoms with Crippen molar-refractivity contribution in [3.63, 3.8) is 0 Å². The van der Waals surface area contributed by atoms with Gasteiger partial charge in [-0.25, -0.2) is 0 Å². The van der Waals surface area contributed by atoms with Gasteiger partial charge in [0.2, 0.25) is 5.91 Å². The summed E-state index contributed by atoms with van der Waals surface area (Å²) in [5.74, 6) is -0.769. The Kier molecular flexibility index (Phi) is 7.06. The molecule has 4 nitrogen and oxygen atoms in total. The van der Waals surface area contributed by atoms with Gasteiger partial charge in [-0.1, -0.05) is 13.8 Å². The number of rotatable bonds is 7. The molecule has 2 amide bonds. The van der Waals surface area contributed by atoms with E-state index < -0.39 is 17.6 Å². The minimum Gasteiger partial charge on any atom is -0.343 e. The van der Waals surface area contributed by atoms with Gasteiger partial charge in [-0.2, -0.15) is 13.2 Å². The van der Waals surface area contributed by atoms with Gasteiger partial charge in [0, 0.05) is 18.7 Å². The summed E-state index contributed by atoms with van der Waals surface area (Å²) in [5, 5.41) is 2.44. The number of nitrogens with one attached hydrogen (secondary N) is 1. The second-order valence-electron chi connectivity index (χ2n) is 5.14. The fourth-order valence-electron chi connectivity index (χ4n) is 2.08. The van der Waals surface area contributed by atoms with Crippen molar-refractivity contribution in [3.8, 4) is 0 Å². The number of nitrogens with zero attached hydrogens (tertiary/aromatic N) is 1. The highest BCUT2D eigenvalue weighted by atomic mass is 19.4. The molecule has 1 rings (SSSR count). The lowest BCUT2D eigenvalue weighted by molar-refractivity contribution is -0.137. The summed E-state index contributed by atoms with van der Waals surface area (Å²) in [6, 6.07) is 3.88. The van der Waals surface area contributed by atoms with E-state index in [2.05, 4.69) is 5.32 Å². The predicted octanol–water partition coefficient (Wildman–Crippen LogP) is 3.08. The molecule has 0 unspecified atom stereocenters. The first-order chi connectivity index (χ1) is 10.8. The van der Waals surface area contributed by atoms with Crippen LogP contribution < -0.4 is 5.32 Å². The Bertz CT molecular complexity index is 521. The standard InChI is InChI=1S/C16H21F3N2O2/c1-3-9-21(10-4-2)14(22)11-20-15(23)12-5-7-13(8-6-12)16(17,18)19/h5-8H,3-4,9-11H2,1-2H3,(H,20,23). The van der Waals surface area contributed by atoms with Crippen LogP contribution in [0, 0.1) is 0 Å². The highest BCUT2D eigenvalue weighted by molar-refractivity contribution is 5.96. The first-order valence-corrected chi connectivity index (χ1v) is 7.52. The molecule has 0 aromatic heterocycles. The average Bonchev–Trinajstić information content (AvgIpc) is 2.51. The van der Waals surface area contributed by atoms with E-state index in [-0.39, 0.29) is 18.0 Å². The van der Waals surface area contributed by atoms with Gasteiger partial charge in [0.15, 0.2) is 0 Å². The van der Waals surface area contributed by atoms with Gasteiger partial charge >= 0.3 is 6.18 Å². The fourth-order valence-corrected chi connectivity index (χ4v) is 2.08. The van der Waals surface area contributed by atoms with Crippen LogP contribution in [0.15, 0.2) is 24.3 Å². The van der Waals surface area contributed by atoms with E-state index in [1.54, 1.807) is 4.90 Å². The minimum absolute atomic E-state index is 0.0864. The molecule has 0 atom stereocenters. The van der Waals surface area contributed by atoms with Crippen LogP contribution in [0.1, 0.15) is 42.6 Å². The van der Waals surface area contributed by atoms with Gasteiger partial charge in [0.05, 0.1) is 12.1 Å². The first-order valence-electron chi connectivity index (χ1n) is 7.52. The third kappa shape index (κ3) is 5.92. The zero-order chi connectivity index (χ0) is 17.5. The number of carbonyl (C=O) groups excluding carboxylic acids is 2. The third-order valence-corrected chi connectivity index (χ3v) is 3.21. The molecule has 128 valence electrons. The Labute approximate surface area is 133 Å². The molecule has 0 spiro atoms. The molecule has 0 aliphatic heterocycles. The lowest BCUT2D eigenvalue weighted by Crippen LogP contribution is -2.41. The predicted molar refractivity (Wildman–Crippen MR) is 80.9 cm³/mol. The SMILES string of the molecule is CCCN(CCC)C(=O)CNC(=O)c1ccc(C(F)(F)F)cc1. The summed E-state index contributed by atoms with van der Waals surface area (Å²) in [7, 11) is 0. The number of halogens is 3. The highest BCUT2D eigenvalue weighted by Gasteiger charge is 2.30. The van der Waals surface area contributed by atoms with Crippen molar-refractivity contribution in [2.24, 2.45) is 0 Å². The molecule has 0 fully saturated rings. The third-order valence-electron chi connectivity index (χ3n) is 3.21. The minimum atomic E-state index is -4.44. The van der Waals surface area contributed by atoms with E-state index in [9.17, 15) is 22.8 Å². The molecule has 0 heterocycles. The Balaban J connectivity index is 2.60. The van der Waals surface area contributed by atoms with E-state index >= 15 is 0 Å². The number of benzene rings is 1. The molecule has 0 aliphatic carbocycles. The van der Waals surface area contributed by atoms with Crippen molar-refractivity contribution in [2.45, 2.75) is 32.9 Å². The second kappa shape index (κ2) is 8.55. The number of alkyl halides is 3. The quantitative estimate of drug-likeness (QED) is 0.835. The molecule has 0 aliphatic rings. The van der Waals surface area contributed by atoms with Crippen LogP contribution in [-0.4, -0.2) is 36.3 Å². The molecule has 0 bridgehead atoms. The molecular weight excluding hydrogens is 309 g/mol. The number of amides is 2. The largest absolute Gasteiger partial charge is 0.416 e. The van der Waals surface area contributed by atoms with E-state index in [0.29, 0.717) is 13.1 Å². The van der Waals surface area contributed by atoms with Crippen LogP contribution in [-0.2, 0) is 11.0 Å². The lowest BCUT2D eigenvalue weighted by atomic mass is 10.1. The second-order valence-corrected chi connectivity index (χ2v) is 5.14. The van der Waals surface area contributed by atoms with Gasteiger partial charge in [-0.15, -0.1) is 0 Å². The summed E-state index contributed by atoms with van der Waals surface area (Å²) in [4.78, 5) is 25.6. The Morgan fingerprint density at radius 3 is 2.00 bits per heavy atom. The van der Waals surface area contributed by atoms with Gasteiger partial charge in [0.25, 0.3) is 5.91 Å². The zero-order valence-electron chi connectivity index (χ0n) is 13.2. The molecule has 1 aromatic rings. The summed E-state index contributed by atoms with van der Waals surface area (Å²) < 4.78 is 37.4. The topological polar surface area (TPSA) is 49.4 Å². The molecular formula is C16H21F3N2O2. The van der Waals surface area contributed by atoms with Crippen molar-refractivity contribution < 1.29 is 22.8 Å². The van der Waals surface area contributed by atoms with Crippen LogP contribution in [0.4, 0.5) is 13.2 Å². The maximum absolute atomic E-state index is 12.5. The number of hydrogen-bond donors (Lipinski definition) is 1. The number of hydrogen-bond acceptors (Lipinski definition) is 2. The van der Waals surface area contributed by atoms with Gasteiger partial charge in [-0.3, -0.25) is 9.59 Å². The van der Waals surface area contributed by atoms with Crippen molar-refractivity contribution in [3.05, 3.63) is 35.4 Å². The van der Waals surface area contributed by atoms with Crippen molar-refractivity contribution in [1.29, 1.82) is 0 Å². The molecule has 23 heavy (non-hydrogen) atoms. The smallest absolute Gasteiger partial charge is 0.343 e. The Morgan fingerprint density at radius 2 is 1.57 bits per heavy atom. The monoisotopic (exact) mass is 330 g/mol. The Hall–Kier alpha value is -2.05. The van der Waals surface area contributed by atoms with E-state index in [4.69, 9.17) is 0 Å². The van der Waals surface area contributed by atoms with Crippen LogP contribution in [0.25, 0.3) is 0 Å². The summed E-state index contributed by atoms with van der Waals surface area (Å²) in [6.45, 7) is 4.97. The van der Waals surface area contributed by atoms with E-state index in [0.717, 1.165) is 37.1 Å². The van der Waals surface area contributed by atoms with Crippen LogP contribution in [0.3, 0.4) is 0 Å². The number of carbonyl (C=O) groups is 2. The molecule has 1 N–H and O–H groups in total. The van der Waals surface area contributed by atoms with Crippen LogP contribution >= 0.6 is 0 Å².